The molecule has 0 saturated heterocycles. The van der Waals surface area contributed by atoms with E-state index in [-0.39, 0.29) is 5.91 Å². The molecule has 2 N–H and O–H groups in total. The first kappa shape index (κ1) is 10.7. The molecule has 84 valence electrons. The smallest absolute Gasteiger partial charge is 0.219 e. The Balaban J connectivity index is 2.43. The molecule has 0 aliphatic rings. The zero-order chi connectivity index (χ0) is 11.8. The number of amides is 1. The quantitative estimate of drug-likeness (QED) is 0.756. The number of aliphatic hydroxyl groups is 1. The van der Waals surface area contributed by atoms with Crippen molar-refractivity contribution in [3.05, 3.63) is 36.1 Å². The Bertz CT molecular complexity index is 495. The number of nitrogens with one attached hydrogen (secondary N) is 1. The summed E-state index contributed by atoms with van der Waals surface area (Å²) in [6.45, 7) is 2.82. The lowest BCUT2D eigenvalue weighted by molar-refractivity contribution is -0.127. The monoisotopic (exact) mass is 219 g/mol. The molecular formula is C12H13NO3. The first-order valence-electron chi connectivity index (χ1n) is 4.99. The number of rotatable bonds is 2. The summed E-state index contributed by atoms with van der Waals surface area (Å²) in [6, 6.07) is 9.14. The van der Waals surface area contributed by atoms with E-state index in [1.165, 1.54) is 13.8 Å². The zero-order valence-electron chi connectivity index (χ0n) is 9.15. The molecule has 0 aliphatic carbocycles. The number of benzene rings is 1. The third kappa shape index (κ3) is 1.92. The van der Waals surface area contributed by atoms with E-state index in [2.05, 4.69) is 5.32 Å². The van der Waals surface area contributed by atoms with E-state index in [0.29, 0.717) is 11.3 Å². The highest BCUT2D eigenvalue weighted by Crippen LogP contribution is 2.25. The van der Waals surface area contributed by atoms with Crippen molar-refractivity contribution < 1.29 is 14.3 Å². The van der Waals surface area contributed by atoms with Gasteiger partial charge in [-0.3, -0.25) is 4.79 Å². The molecule has 1 heterocycles. The van der Waals surface area contributed by atoms with Gasteiger partial charge in [0.05, 0.1) is 0 Å². The molecule has 16 heavy (non-hydrogen) atoms. The van der Waals surface area contributed by atoms with E-state index in [4.69, 9.17) is 4.42 Å². The topological polar surface area (TPSA) is 62.5 Å². The maximum atomic E-state index is 10.9. The Hall–Kier alpha value is -1.81. The number of furan rings is 1. The van der Waals surface area contributed by atoms with Crippen molar-refractivity contribution in [3.8, 4) is 0 Å². The molecule has 4 nitrogen and oxygen atoms in total. The SMILES string of the molecule is CC(=O)NC(C)(O)c1cc2ccccc2o1. The van der Waals surface area contributed by atoms with E-state index in [1.807, 2.05) is 24.3 Å². The van der Waals surface area contributed by atoms with Gasteiger partial charge < -0.3 is 14.8 Å². The molecule has 1 aromatic carbocycles. The summed E-state index contributed by atoms with van der Waals surface area (Å²) in [6.07, 6.45) is 0. The molecular weight excluding hydrogens is 206 g/mol. The first-order valence-corrected chi connectivity index (χ1v) is 4.99. The number of carbonyl (C=O) groups is 1. The average Bonchev–Trinajstić information content (AvgIpc) is 2.59. The normalized spacial score (nSPS) is 14.7. The summed E-state index contributed by atoms with van der Waals surface area (Å²) < 4.78 is 5.47. The highest BCUT2D eigenvalue weighted by atomic mass is 16.4. The van der Waals surface area contributed by atoms with Gasteiger partial charge in [0.15, 0.2) is 11.5 Å². The Morgan fingerprint density at radius 3 is 2.75 bits per heavy atom. The Labute approximate surface area is 92.9 Å². The number of carbonyl (C=O) groups excluding carboxylic acids is 1. The molecule has 1 amide bonds. The second-order valence-corrected chi connectivity index (χ2v) is 3.90. The summed E-state index contributed by atoms with van der Waals surface area (Å²) in [5, 5.41) is 13.3. The number of fused-ring (bicyclic) bond motifs is 1. The molecule has 1 aromatic heterocycles. The molecule has 0 saturated carbocycles. The van der Waals surface area contributed by atoms with Crippen LogP contribution >= 0.6 is 0 Å². The minimum Gasteiger partial charge on any atom is -0.456 e. The number of hydrogen-bond acceptors (Lipinski definition) is 3. The van der Waals surface area contributed by atoms with Crippen LogP contribution in [0.3, 0.4) is 0 Å². The van der Waals surface area contributed by atoms with Crippen LogP contribution in [0, 0.1) is 0 Å². The van der Waals surface area contributed by atoms with Gasteiger partial charge in [0.1, 0.15) is 5.58 Å². The minimum atomic E-state index is -1.48. The number of hydrogen-bond donors (Lipinski definition) is 2. The lowest BCUT2D eigenvalue weighted by Gasteiger charge is -2.20. The highest BCUT2D eigenvalue weighted by Gasteiger charge is 2.28. The fourth-order valence-corrected chi connectivity index (χ4v) is 1.63. The van der Waals surface area contributed by atoms with Gasteiger partial charge >= 0.3 is 0 Å². The van der Waals surface area contributed by atoms with Crippen LogP contribution < -0.4 is 5.32 Å². The Morgan fingerprint density at radius 2 is 2.12 bits per heavy atom. The van der Waals surface area contributed by atoms with E-state index in [0.717, 1.165) is 5.39 Å². The van der Waals surface area contributed by atoms with Crippen LogP contribution in [0.4, 0.5) is 0 Å². The summed E-state index contributed by atoms with van der Waals surface area (Å²) in [5.74, 6) is 0.00866. The van der Waals surface area contributed by atoms with Gasteiger partial charge in [0.25, 0.3) is 0 Å². The summed E-state index contributed by atoms with van der Waals surface area (Å²) in [5.41, 5.74) is -0.798. The summed E-state index contributed by atoms with van der Waals surface area (Å²) >= 11 is 0. The third-order valence-electron chi connectivity index (χ3n) is 2.32. The second kappa shape index (κ2) is 3.64. The van der Waals surface area contributed by atoms with Gasteiger partial charge in [-0.2, -0.15) is 0 Å². The van der Waals surface area contributed by atoms with Gasteiger partial charge in [-0.15, -0.1) is 0 Å². The molecule has 1 unspecified atom stereocenters. The van der Waals surface area contributed by atoms with Gasteiger partial charge in [-0.1, -0.05) is 18.2 Å². The molecule has 0 bridgehead atoms. The first-order chi connectivity index (χ1) is 7.49. The fourth-order valence-electron chi connectivity index (χ4n) is 1.63. The van der Waals surface area contributed by atoms with Crippen LogP contribution in [0.15, 0.2) is 34.7 Å². The van der Waals surface area contributed by atoms with Crippen molar-refractivity contribution in [1.82, 2.24) is 5.32 Å². The highest BCUT2D eigenvalue weighted by molar-refractivity contribution is 5.78. The summed E-state index contributed by atoms with van der Waals surface area (Å²) in [4.78, 5) is 10.9. The van der Waals surface area contributed by atoms with Gasteiger partial charge in [0, 0.05) is 12.3 Å². The van der Waals surface area contributed by atoms with E-state index >= 15 is 0 Å². The second-order valence-electron chi connectivity index (χ2n) is 3.90. The van der Waals surface area contributed by atoms with Gasteiger partial charge in [0.2, 0.25) is 5.91 Å². The van der Waals surface area contributed by atoms with Crippen molar-refractivity contribution in [1.29, 1.82) is 0 Å². The van der Waals surface area contributed by atoms with E-state index in [1.54, 1.807) is 6.07 Å². The molecule has 4 heteroatoms. The molecule has 0 fully saturated rings. The lowest BCUT2D eigenvalue weighted by atomic mass is 10.1. The molecule has 2 aromatic rings. The number of para-hydroxylation sites is 1. The van der Waals surface area contributed by atoms with Crippen LogP contribution in [0.5, 0.6) is 0 Å². The Kier molecular flexibility index (Phi) is 2.44. The maximum Gasteiger partial charge on any atom is 0.219 e. The van der Waals surface area contributed by atoms with Crippen LogP contribution in [-0.2, 0) is 10.5 Å². The molecule has 0 aliphatic heterocycles. The molecule has 2 rings (SSSR count). The van der Waals surface area contributed by atoms with Crippen molar-refractivity contribution in [2.75, 3.05) is 0 Å². The van der Waals surface area contributed by atoms with Gasteiger partial charge in [-0.05, 0) is 19.1 Å². The van der Waals surface area contributed by atoms with Crippen molar-refractivity contribution in [2.45, 2.75) is 19.6 Å². The van der Waals surface area contributed by atoms with Crippen LogP contribution in [0.1, 0.15) is 19.6 Å². The van der Waals surface area contributed by atoms with E-state index in [9.17, 15) is 9.90 Å². The van der Waals surface area contributed by atoms with Crippen LogP contribution in [0.25, 0.3) is 11.0 Å². The fraction of sp³-hybridized carbons (Fsp3) is 0.250. The largest absolute Gasteiger partial charge is 0.456 e. The van der Waals surface area contributed by atoms with Crippen LogP contribution in [0.2, 0.25) is 0 Å². The zero-order valence-corrected chi connectivity index (χ0v) is 9.15. The molecule has 1 atom stereocenters. The minimum absolute atomic E-state index is 0.314. The average molecular weight is 219 g/mol. The lowest BCUT2D eigenvalue weighted by Crippen LogP contribution is -2.41. The predicted molar refractivity (Wildman–Crippen MR) is 59.6 cm³/mol. The predicted octanol–water partition coefficient (Wildman–Crippen LogP) is 1.73. The standard InChI is InChI=1S/C12H13NO3/c1-8(14)13-12(2,15)11-7-9-5-3-4-6-10(9)16-11/h3-7,15H,1-2H3,(H,13,14). The van der Waals surface area contributed by atoms with Crippen molar-refractivity contribution in [3.63, 3.8) is 0 Å². The van der Waals surface area contributed by atoms with E-state index < -0.39 is 5.72 Å². The van der Waals surface area contributed by atoms with Crippen molar-refractivity contribution in [2.24, 2.45) is 0 Å². The summed E-state index contributed by atoms with van der Waals surface area (Å²) in [7, 11) is 0. The molecule has 0 spiro atoms. The van der Waals surface area contributed by atoms with Crippen molar-refractivity contribution >= 4 is 16.9 Å². The molecule has 0 radical (unpaired) electrons. The maximum absolute atomic E-state index is 10.9. The Morgan fingerprint density at radius 1 is 1.44 bits per heavy atom. The van der Waals surface area contributed by atoms with Gasteiger partial charge in [-0.25, -0.2) is 0 Å². The third-order valence-corrected chi connectivity index (χ3v) is 2.32. The van der Waals surface area contributed by atoms with Crippen LogP contribution in [-0.4, -0.2) is 11.0 Å².